The van der Waals surface area contributed by atoms with Crippen LogP contribution in [-0.2, 0) is 4.79 Å². The van der Waals surface area contributed by atoms with E-state index >= 15 is 0 Å². The van der Waals surface area contributed by atoms with Gasteiger partial charge in [0.2, 0.25) is 5.91 Å². The molecule has 1 fully saturated rings. The van der Waals surface area contributed by atoms with Gasteiger partial charge in [0.05, 0.1) is 11.4 Å². The number of amides is 1. The van der Waals surface area contributed by atoms with Crippen LogP contribution in [0.5, 0.6) is 0 Å². The molecule has 0 radical (unpaired) electrons. The fraction of sp³-hybridized carbons (Fsp3) is 0.533. The highest BCUT2D eigenvalue weighted by atomic mass is 16.2. The SMILES string of the molecule is CC(C)c1ccc2c(c1)N1CCCCC1C(=O)N2. The summed E-state index contributed by atoms with van der Waals surface area (Å²) in [7, 11) is 0. The number of benzene rings is 1. The van der Waals surface area contributed by atoms with Crippen molar-refractivity contribution in [3.63, 3.8) is 0 Å². The van der Waals surface area contributed by atoms with Gasteiger partial charge in [-0.1, -0.05) is 19.9 Å². The lowest BCUT2D eigenvalue weighted by atomic mass is 9.95. The molecule has 0 aromatic heterocycles. The van der Waals surface area contributed by atoms with Gasteiger partial charge in [-0.05, 0) is 42.9 Å². The van der Waals surface area contributed by atoms with Crippen LogP contribution in [0.1, 0.15) is 44.6 Å². The van der Waals surface area contributed by atoms with Gasteiger partial charge in [-0.2, -0.15) is 0 Å². The average Bonchev–Trinajstić information content (AvgIpc) is 2.38. The smallest absolute Gasteiger partial charge is 0.247 e. The van der Waals surface area contributed by atoms with E-state index in [4.69, 9.17) is 0 Å². The topological polar surface area (TPSA) is 32.3 Å². The summed E-state index contributed by atoms with van der Waals surface area (Å²) in [5.74, 6) is 0.690. The first-order chi connectivity index (χ1) is 8.66. The minimum atomic E-state index is 0.0497. The number of nitrogens with zero attached hydrogens (tertiary/aromatic N) is 1. The molecule has 3 nitrogen and oxygen atoms in total. The van der Waals surface area contributed by atoms with Gasteiger partial charge in [-0.15, -0.1) is 0 Å². The Kier molecular flexibility index (Phi) is 2.77. The molecule has 0 aliphatic carbocycles. The second-order valence-corrected chi connectivity index (χ2v) is 5.63. The van der Waals surface area contributed by atoms with E-state index < -0.39 is 0 Å². The van der Waals surface area contributed by atoms with Crippen molar-refractivity contribution in [3.05, 3.63) is 23.8 Å². The molecular weight excluding hydrogens is 224 g/mol. The van der Waals surface area contributed by atoms with Crippen LogP contribution in [0, 0.1) is 0 Å². The first-order valence-corrected chi connectivity index (χ1v) is 6.88. The molecule has 2 heterocycles. The first-order valence-electron chi connectivity index (χ1n) is 6.88. The molecule has 1 unspecified atom stereocenters. The van der Waals surface area contributed by atoms with Crippen LogP contribution in [-0.4, -0.2) is 18.5 Å². The zero-order valence-corrected chi connectivity index (χ0v) is 11.1. The van der Waals surface area contributed by atoms with Gasteiger partial charge in [0.1, 0.15) is 6.04 Å². The number of hydrogen-bond donors (Lipinski definition) is 1. The third-order valence-electron chi connectivity index (χ3n) is 4.06. The van der Waals surface area contributed by atoms with Gasteiger partial charge in [0.25, 0.3) is 0 Å². The maximum Gasteiger partial charge on any atom is 0.247 e. The molecule has 0 saturated carbocycles. The Bertz CT molecular complexity index is 481. The Labute approximate surface area is 108 Å². The second-order valence-electron chi connectivity index (χ2n) is 5.63. The van der Waals surface area contributed by atoms with Crippen LogP contribution in [0.2, 0.25) is 0 Å². The summed E-state index contributed by atoms with van der Waals surface area (Å²) in [5, 5.41) is 3.04. The van der Waals surface area contributed by atoms with Gasteiger partial charge in [-0.3, -0.25) is 4.79 Å². The van der Waals surface area contributed by atoms with Crippen LogP contribution in [0.3, 0.4) is 0 Å². The van der Waals surface area contributed by atoms with Crippen molar-refractivity contribution in [2.45, 2.75) is 45.1 Å². The maximum atomic E-state index is 12.1. The van der Waals surface area contributed by atoms with Crippen molar-refractivity contribution in [3.8, 4) is 0 Å². The Balaban J connectivity index is 2.04. The van der Waals surface area contributed by atoms with E-state index in [2.05, 4.69) is 36.2 Å². The van der Waals surface area contributed by atoms with E-state index in [0.29, 0.717) is 5.92 Å². The fourth-order valence-electron chi connectivity index (χ4n) is 2.96. The summed E-state index contributed by atoms with van der Waals surface area (Å²) < 4.78 is 0. The Morgan fingerprint density at radius 1 is 1.33 bits per heavy atom. The monoisotopic (exact) mass is 244 g/mol. The molecule has 2 aliphatic rings. The van der Waals surface area contributed by atoms with Crippen molar-refractivity contribution in [1.29, 1.82) is 0 Å². The number of anilines is 2. The lowest BCUT2D eigenvalue weighted by Crippen LogP contribution is -2.50. The second kappa shape index (κ2) is 4.30. The first kappa shape index (κ1) is 11.6. The summed E-state index contributed by atoms with van der Waals surface area (Å²) in [6, 6.07) is 6.47. The summed E-state index contributed by atoms with van der Waals surface area (Å²) in [6.07, 6.45) is 3.33. The standard InChI is InChI=1S/C15H20N2O/c1-10(2)11-6-7-12-14(9-11)17-8-4-3-5-13(17)15(18)16-12/h6-7,9-10,13H,3-5,8H2,1-2H3,(H,16,18). The minimum Gasteiger partial charge on any atom is -0.358 e. The quantitative estimate of drug-likeness (QED) is 0.823. The van der Waals surface area contributed by atoms with Crippen LogP contribution in [0.25, 0.3) is 0 Å². The van der Waals surface area contributed by atoms with Gasteiger partial charge in [0.15, 0.2) is 0 Å². The number of carbonyl (C=O) groups is 1. The maximum absolute atomic E-state index is 12.1. The van der Waals surface area contributed by atoms with Crippen LogP contribution in [0.15, 0.2) is 18.2 Å². The van der Waals surface area contributed by atoms with Crippen molar-refractivity contribution in [1.82, 2.24) is 0 Å². The Morgan fingerprint density at radius 3 is 2.94 bits per heavy atom. The summed E-state index contributed by atoms with van der Waals surface area (Å²) in [6.45, 7) is 5.42. The Morgan fingerprint density at radius 2 is 2.17 bits per heavy atom. The van der Waals surface area contributed by atoms with Crippen molar-refractivity contribution >= 4 is 17.3 Å². The molecule has 1 aromatic carbocycles. The summed E-state index contributed by atoms with van der Waals surface area (Å²) in [5.41, 5.74) is 3.53. The van der Waals surface area contributed by atoms with Crippen molar-refractivity contribution < 1.29 is 4.79 Å². The molecule has 1 N–H and O–H groups in total. The highest BCUT2D eigenvalue weighted by Gasteiger charge is 2.34. The average molecular weight is 244 g/mol. The minimum absolute atomic E-state index is 0.0497. The molecule has 18 heavy (non-hydrogen) atoms. The predicted octanol–water partition coefficient (Wildman–Crippen LogP) is 3.12. The predicted molar refractivity (Wildman–Crippen MR) is 74.1 cm³/mol. The molecule has 3 rings (SSSR count). The van der Waals surface area contributed by atoms with E-state index in [0.717, 1.165) is 25.1 Å². The highest BCUT2D eigenvalue weighted by Crippen LogP contribution is 2.37. The Hall–Kier alpha value is -1.51. The number of piperidine rings is 1. The third kappa shape index (κ3) is 1.78. The van der Waals surface area contributed by atoms with Gasteiger partial charge in [-0.25, -0.2) is 0 Å². The molecule has 1 amide bonds. The molecule has 1 saturated heterocycles. The van der Waals surface area contributed by atoms with Gasteiger partial charge in [0, 0.05) is 6.54 Å². The lowest BCUT2D eigenvalue weighted by Gasteiger charge is -2.41. The normalized spacial score (nSPS) is 22.5. The molecule has 0 spiro atoms. The summed E-state index contributed by atoms with van der Waals surface area (Å²) >= 11 is 0. The molecule has 1 atom stereocenters. The van der Waals surface area contributed by atoms with Crippen LogP contribution < -0.4 is 10.2 Å². The van der Waals surface area contributed by atoms with E-state index in [-0.39, 0.29) is 11.9 Å². The highest BCUT2D eigenvalue weighted by molar-refractivity contribution is 6.03. The molecular formula is C15H20N2O. The third-order valence-corrected chi connectivity index (χ3v) is 4.06. The molecule has 3 heteroatoms. The van der Waals surface area contributed by atoms with Gasteiger partial charge >= 0.3 is 0 Å². The van der Waals surface area contributed by atoms with E-state index in [1.807, 2.05) is 6.07 Å². The zero-order chi connectivity index (χ0) is 12.7. The number of fused-ring (bicyclic) bond motifs is 3. The van der Waals surface area contributed by atoms with E-state index in [1.165, 1.54) is 17.7 Å². The van der Waals surface area contributed by atoms with E-state index in [1.54, 1.807) is 0 Å². The van der Waals surface area contributed by atoms with Gasteiger partial charge < -0.3 is 10.2 Å². The van der Waals surface area contributed by atoms with E-state index in [9.17, 15) is 4.79 Å². The number of rotatable bonds is 1. The van der Waals surface area contributed by atoms with Crippen LogP contribution >= 0.6 is 0 Å². The molecule has 0 bridgehead atoms. The fourth-order valence-corrected chi connectivity index (χ4v) is 2.96. The van der Waals surface area contributed by atoms with Crippen LogP contribution in [0.4, 0.5) is 11.4 Å². The largest absolute Gasteiger partial charge is 0.358 e. The molecule has 96 valence electrons. The lowest BCUT2D eigenvalue weighted by molar-refractivity contribution is -0.118. The molecule has 1 aromatic rings. The zero-order valence-electron chi connectivity index (χ0n) is 11.1. The van der Waals surface area contributed by atoms with Crippen molar-refractivity contribution in [2.24, 2.45) is 0 Å². The number of carbonyl (C=O) groups excluding carboxylic acids is 1. The number of nitrogens with one attached hydrogen (secondary N) is 1. The molecule has 2 aliphatic heterocycles. The van der Waals surface area contributed by atoms with Crippen molar-refractivity contribution in [2.75, 3.05) is 16.8 Å². The summed E-state index contributed by atoms with van der Waals surface area (Å²) in [4.78, 5) is 14.4. The number of hydrogen-bond acceptors (Lipinski definition) is 2.